The second-order valence-corrected chi connectivity index (χ2v) is 5.25. The lowest BCUT2D eigenvalue weighted by atomic mass is 10.1. The van der Waals surface area contributed by atoms with Crippen LogP contribution in [0.4, 0.5) is 5.95 Å². The van der Waals surface area contributed by atoms with Gasteiger partial charge in [-0.3, -0.25) is 13.9 Å². The summed E-state index contributed by atoms with van der Waals surface area (Å²) in [5, 5.41) is 13.0. The molecule has 0 unspecified atom stereocenters. The third-order valence-electron chi connectivity index (χ3n) is 3.66. The van der Waals surface area contributed by atoms with Crippen LogP contribution in [0.1, 0.15) is 15.9 Å². The molecule has 0 atom stereocenters. The number of hydrogen-bond donors (Lipinski definition) is 3. The Morgan fingerprint density at radius 1 is 1.28 bits per heavy atom. The molecule has 0 aliphatic carbocycles. The van der Waals surface area contributed by atoms with Crippen molar-refractivity contribution in [1.82, 2.24) is 19.1 Å². The maximum Gasteiger partial charge on any atom is 0.336 e. The molecule has 2 aromatic heterocycles. The molecule has 1 aromatic carbocycles. The van der Waals surface area contributed by atoms with Crippen molar-refractivity contribution in [2.24, 2.45) is 19.2 Å². The molecular formula is C15H14N6O4. The molecule has 10 nitrogen and oxygen atoms in total. The number of hydrazone groups is 1. The van der Waals surface area contributed by atoms with E-state index in [1.165, 1.54) is 30.9 Å². The van der Waals surface area contributed by atoms with Crippen LogP contribution in [-0.4, -0.2) is 36.4 Å². The molecule has 10 heteroatoms. The first-order valence-corrected chi connectivity index (χ1v) is 7.17. The van der Waals surface area contributed by atoms with Crippen molar-refractivity contribution in [3.8, 4) is 0 Å². The van der Waals surface area contributed by atoms with E-state index >= 15 is 0 Å². The third kappa shape index (κ3) is 2.80. The average molecular weight is 342 g/mol. The molecule has 25 heavy (non-hydrogen) atoms. The summed E-state index contributed by atoms with van der Waals surface area (Å²) < 4.78 is 2.21. The first kappa shape index (κ1) is 16.2. The van der Waals surface area contributed by atoms with Gasteiger partial charge >= 0.3 is 11.7 Å². The van der Waals surface area contributed by atoms with Crippen molar-refractivity contribution in [2.45, 2.75) is 0 Å². The van der Waals surface area contributed by atoms with Crippen LogP contribution in [-0.2, 0) is 14.1 Å². The lowest BCUT2D eigenvalue weighted by Gasteiger charge is -2.00. The van der Waals surface area contributed by atoms with Gasteiger partial charge in [0, 0.05) is 19.7 Å². The van der Waals surface area contributed by atoms with E-state index in [4.69, 9.17) is 5.11 Å². The lowest BCUT2D eigenvalue weighted by molar-refractivity contribution is 0.0697. The Morgan fingerprint density at radius 2 is 2.00 bits per heavy atom. The molecule has 3 aromatic rings. The number of benzene rings is 1. The smallest absolute Gasteiger partial charge is 0.336 e. The first-order chi connectivity index (χ1) is 11.9. The molecule has 3 rings (SSSR count). The number of nitrogens with zero attached hydrogens (tertiary/aromatic N) is 4. The summed E-state index contributed by atoms with van der Waals surface area (Å²) in [6.07, 6.45) is 1.33. The normalized spacial score (nSPS) is 11.3. The van der Waals surface area contributed by atoms with Gasteiger partial charge in [0.15, 0.2) is 11.2 Å². The summed E-state index contributed by atoms with van der Waals surface area (Å²) >= 11 is 0. The summed E-state index contributed by atoms with van der Waals surface area (Å²) in [7, 11) is 2.88. The number of carboxylic acid groups (broad SMARTS) is 1. The Balaban J connectivity index is 1.94. The van der Waals surface area contributed by atoms with Gasteiger partial charge in [-0.1, -0.05) is 18.2 Å². The van der Waals surface area contributed by atoms with Crippen LogP contribution in [0.5, 0.6) is 0 Å². The number of aryl methyl sites for hydroxylation is 1. The largest absolute Gasteiger partial charge is 0.478 e. The van der Waals surface area contributed by atoms with Crippen molar-refractivity contribution in [3.63, 3.8) is 0 Å². The van der Waals surface area contributed by atoms with Crippen LogP contribution in [0.2, 0.25) is 0 Å². The average Bonchev–Trinajstić information content (AvgIpc) is 3.03. The zero-order chi connectivity index (χ0) is 18.1. The molecule has 0 saturated carbocycles. The highest BCUT2D eigenvalue weighted by Gasteiger charge is 2.13. The van der Waals surface area contributed by atoms with E-state index in [9.17, 15) is 14.4 Å². The zero-order valence-electron chi connectivity index (χ0n) is 13.3. The predicted octanol–water partition coefficient (Wildman–Crippen LogP) is 0.105. The number of rotatable bonds is 4. The van der Waals surface area contributed by atoms with Gasteiger partial charge in [-0.2, -0.15) is 10.1 Å². The molecule has 2 heterocycles. The van der Waals surface area contributed by atoms with E-state index in [1.54, 1.807) is 18.2 Å². The van der Waals surface area contributed by atoms with Crippen LogP contribution in [0, 0.1) is 0 Å². The fourth-order valence-electron chi connectivity index (χ4n) is 2.35. The van der Waals surface area contributed by atoms with Gasteiger partial charge in [0.1, 0.15) is 0 Å². The number of fused-ring (bicyclic) bond motifs is 1. The lowest BCUT2D eigenvalue weighted by Crippen LogP contribution is -2.36. The molecule has 0 aliphatic rings. The van der Waals surface area contributed by atoms with Crippen molar-refractivity contribution in [2.75, 3.05) is 5.43 Å². The molecular weight excluding hydrogens is 328 g/mol. The first-order valence-electron chi connectivity index (χ1n) is 7.17. The van der Waals surface area contributed by atoms with E-state index < -0.39 is 17.2 Å². The Bertz CT molecular complexity index is 1120. The highest BCUT2D eigenvalue weighted by Crippen LogP contribution is 2.09. The highest BCUT2D eigenvalue weighted by atomic mass is 16.4. The fourth-order valence-corrected chi connectivity index (χ4v) is 2.35. The number of anilines is 1. The summed E-state index contributed by atoms with van der Waals surface area (Å²) in [4.78, 5) is 42.0. The SMILES string of the molecule is Cn1c(=O)c2[nH]c(N/N=C/c3ccccc3C(=O)O)nc2n(C)c1=O. The number of nitrogens with one attached hydrogen (secondary N) is 2. The van der Waals surface area contributed by atoms with Crippen LogP contribution in [0.3, 0.4) is 0 Å². The molecule has 0 saturated heterocycles. The van der Waals surface area contributed by atoms with Crippen LogP contribution >= 0.6 is 0 Å². The van der Waals surface area contributed by atoms with Gasteiger partial charge in [0.2, 0.25) is 5.95 Å². The van der Waals surface area contributed by atoms with Crippen molar-refractivity contribution >= 4 is 29.3 Å². The van der Waals surface area contributed by atoms with E-state index in [2.05, 4.69) is 20.5 Å². The minimum absolute atomic E-state index is 0.105. The molecule has 0 amide bonds. The Kier molecular flexibility index (Phi) is 3.93. The van der Waals surface area contributed by atoms with Gasteiger partial charge in [0.25, 0.3) is 5.56 Å². The predicted molar refractivity (Wildman–Crippen MR) is 91.2 cm³/mol. The third-order valence-corrected chi connectivity index (χ3v) is 3.66. The minimum atomic E-state index is -1.07. The number of carbonyl (C=O) groups is 1. The number of hydrogen-bond acceptors (Lipinski definition) is 6. The molecule has 128 valence electrons. The number of imidazole rings is 1. The van der Waals surface area contributed by atoms with Crippen LogP contribution in [0.15, 0.2) is 39.0 Å². The number of carboxylic acids is 1. The molecule has 0 bridgehead atoms. The zero-order valence-corrected chi connectivity index (χ0v) is 13.3. The van der Waals surface area contributed by atoms with Gasteiger partial charge in [-0.05, 0) is 6.07 Å². The van der Waals surface area contributed by atoms with Crippen LogP contribution in [0.25, 0.3) is 11.2 Å². The van der Waals surface area contributed by atoms with E-state index in [0.29, 0.717) is 5.56 Å². The number of aromatic amines is 1. The van der Waals surface area contributed by atoms with Crippen molar-refractivity contribution < 1.29 is 9.90 Å². The molecule has 3 N–H and O–H groups in total. The summed E-state index contributed by atoms with van der Waals surface area (Å²) in [5.74, 6) is -0.915. The highest BCUT2D eigenvalue weighted by molar-refractivity contribution is 5.98. The maximum absolute atomic E-state index is 12.1. The van der Waals surface area contributed by atoms with Crippen LogP contribution < -0.4 is 16.7 Å². The van der Waals surface area contributed by atoms with E-state index in [1.807, 2.05) is 0 Å². The molecule has 0 spiro atoms. The Hall–Kier alpha value is -3.69. The molecule has 0 radical (unpaired) electrons. The van der Waals surface area contributed by atoms with E-state index in [-0.39, 0.29) is 22.7 Å². The van der Waals surface area contributed by atoms with Gasteiger partial charge in [-0.25, -0.2) is 15.0 Å². The standard InChI is InChI=1S/C15H14N6O4/c1-20-11-10(12(22)21(2)15(20)25)17-14(18-11)19-16-7-8-5-3-4-6-9(8)13(23)24/h3-7H,1-2H3,(H,23,24)(H2,17,18,19)/b16-7+. The molecule has 0 fully saturated rings. The Labute approximate surface area is 140 Å². The number of H-pyrrole nitrogens is 1. The second-order valence-electron chi connectivity index (χ2n) is 5.25. The molecule has 0 aliphatic heterocycles. The van der Waals surface area contributed by atoms with Gasteiger partial charge < -0.3 is 10.1 Å². The monoisotopic (exact) mass is 342 g/mol. The van der Waals surface area contributed by atoms with Gasteiger partial charge in [0.05, 0.1) is 11.8 Å². The number of aromatic carboxylic acids is 1. The summed E-state index contributed by atoms with van der Waals surface area (Å²) in [6.45, 7) is 0. The Morgan fingerprint density at radius 3 is 2.72 bits per heavy atom. The minimum Gasteiger partial charge on any atom is -0.478 e. The van der Waals surface area contributed by atoms with Crippen molar-refractivity contribution in [3.05, 3.63) is 56.2 Å². The quantitative estimate of drug-likeness (QED) is 0.455. The van der Waals surface area contributed by atoms with Crippen molar-refractivity contribution in [1.29, 1.82) is 0 Å². The number of aromatic nitrogens is 4. The van der Waals surface area contributed by atoms with E-state index in [0.717, 1.165) is 4.57 Å². The topological polar surface area (TPSA) is 134 Å². The fraction of sp³-hybridized carbons (Fsp3) is 0.133. The summed E-state index contributed by atoms with van der Waals surface area (Å²) in [6, 6.07) is 6.37. The van der Waals surface area contributed by atoms with Gasteiger partial charge in [-0.15, -0.1) is 0 Å². The maximum atomic E-state index is 12.1. The second kappa shape index (κ2) is 6.07. The summed E-state index contributed by atoms with van der Waals surface area (Å²) in [5.41, 5.74) is 2.46.